The molecule has 0 saturated carbocycles. The molecule has 2 aromatic rings. The van der Waals surface area contributed by atoms with E-state index in [4.69, 9.17) is 10.5 Å². The summed E-state index contributed by atoms with van der Waals surface area (Å²) in [6, 6.07) is 3.85. The largest absolute Gasteiger partial charge is 0.462 e. The van der Waals surface area contributed by atoms with Crippen LogP contribution in [0.15, 0.2) is 28.5 Å². The fraction of sp³-hybridized carbons (Fsp3) is 0.312. The van der Waals surface area contributed by atoms with Gasteiger partial charge in [0.05, 0.1) is 22.1 Å². The molecule has 2 rings (SSSR count). The Balaban J connectivity index is 0.00000364. The molecule has 0 unspecified atom stereocenters. The van der Waals surface area contributed by atoms with Gasteiger partial charge in [0.15, 0.2) is 9.84 Å². The normalized spacial score (nSPS) is 10.8. The molecular weight excluding hydrogens is 414 g/mol. The van der Waals surface area contributed by atoms with Crippen LogP contribution in [0.3, 0.4) is 0 Å². The van der Waals surface area contributed by atoms with Crippen molar-refractivity contribution >= 4 is 51.1 Å². The molecule has 1 aromatic heterocycles. The average Bonchev–Trinajstić information content (AvgIpc) is 3.03. The van der Waals surface area contributed by atoms with Crippen molar-refractivity contribution in [3.8, 4) is 0 Å². The number of nitrogens with two attached hydrogens (primary N) is 1. The number of halogens is 1. The molecule has 0 aliphatic heterocycles. The highest BCUT2D eigenvalue weighted by atomic mass is 35.5. The minimum atomic E-state index is -3.59. The van der Waals surface area contributed by atoms with E-state index in [-0.39, 0.29) is 40.9 Å². The predicted molar refractivity (Wildman–Crippen MR) is 106 cm³/mol. The molecule has 3 N–H and O–H groups in total. The zero-order valence-corrected chi connectivity index (χ0v) is 17.2. The summed E-state index contributed by atoms with van der Waals surface area (Å²) < 4.78 is 28.6. The number of amides is 1. The maximum Gasteiger partial charge on any atom is 0.338 e. The van der Waals surface area contributed by atoms with Crippen molar-refractivity contribution < 1.29 is 22.7 Å². The Morgan fingerprint density at radius 1 is 1.30 bits per heavy atom. The molecule has 1 aromatic carbocycles. The first kappa shape index (κ1) is 23.0. The number of ether oxygens (including phenoxy) is 1. The van der Waals surface area contributed by atoms with Gasteiger partial charge in [-0.2, -0.15) is 0 Å². The van der Waals surface area contributed by atoms with Gasteiger partial charge in [-0.1, -0.05) is 0 Å². The molecule has 0 fully saturated rings. The Morgan fingerprint density at radius 3 is 2.59 bits per heavy atom. The third-order valence-corrected chi connectivity index (χ3v) is 5.25. The SMILES string of the molecule is CCOC(=O)c1cc(NC(=O)c2csc(CCN)n2)cc(S(C)(=O)=O)c1.Cl. The van der Waals surface area contributed by atoms with Crippen LogP contribution in [0.4, 0.5) is 5.69 Å². The van der Waals surface area contributed by atoms with Gasteiger partial charge >= 0.3 is 5.97 Å². The number of nitrogens with one attached hydrogen (secondary N) is 1. The minimum absolute atomic E-state index is 0. The maximum absolute atomic E-state index is 12.3. The lowest BCUT2D eigenvalue weighted by atomic mass is 10.2. The van der Waals surface area contributed by atoms with Gasteiger partial charge in [0.25, 0.3) is 5.91 Å². The predicted octanol–water partition coefficient (Wildman–Crippen LogP) is 1.90. The number of benzene rings is 1. The van der Waals surface area contributed by atoms with Gasteiger partial charge in [-0.25, -0.2) is 18.2 Å². The van der Waals surface area contributed by atoms with Crippen molar-refractivity contribution in [3.63, 3.8) is 0 Å². The van der Waals surface area contributed by atoms with E-state index in [1.807, 2.05) is 0 Å². The van der Waals surface area contributed by atoms with E-state index in [1.54, 1.807) is 12.3 Å². The van der Waals surface area contributed by atoms with E-state index in [9.17, 15) is 18.0 Å². The first-order chi connectivity index (χ1) is 12.2. The molecule has 0 atom stereocenters. The summed E-state index contributed by atoms with van der Waals surface area (Å²) in [5.74, 6) is -1.18. The van der Waals surface area contributed by atoms with Gasteiger partial charge in [0.1, 0.15) is 5.69 Å². The Bertz CT molecular complexity index is 928. The summed E-state index contributed by atoms with van der Waals surface area (Å²) in [5.41, 5.74) is 5.85. The number of sulfone groups is 1. The average molecular weight is 434 g/mol. The monoisotopic (exact) mass is 433 g/mol. The van der Waals surface area contributed by atoms with E-state index >= 15 is 0 Å². The van der Waals surface area contributed by atoms with Gasteiger partial charge in [0, 0.05) is 23.7 Å². The molecular formula is C16H20ClN3O5S2. The number of nitrogens with zero attached hydrogens (tertiary/aromatic N) is 1. The van der Waals surface area contributed by atoms with Crippen molar-refractivity contribution in [1.29, 1.82) is 0 Å². The smallest absolute Gasteiger partial charge is 0.338 e. The minimum Gasteiger partial charge on any atom is -0.462 e. The molecule has 8 nitrogen and oxygen atoms in total. The molecule has 0 spiro atoms. The van der Waals surface area contributed by atoms with E-state index in [1.165, 1.54) is 29.5 Å². The Hall–Kier alpha value is -2.01. The van der Waals surface area contributed by atoms with Crippen molar-refractivity contribution in [3.05, 3.63) is 39.8 Å². The van der Waals surface area contributed by atoms with Crippen LogP contribution in [-0.4, -0.2) is 44.7 Å². The molecule has 0 aliphatic rings. The van der Waals surface area contributed by atoms with Crippen LogP contribution in [0.1, 0.15) is 32.8 Å². The van der Waals surface area contributed by atoms with E-state index in [0.717, 1.165) is 11.3 Å². The van der Waals surface area contributed by atoms with Crippen LogP contribution >= 0.6 is 23.7 Å². The fourth-order valence-electron chi connectivity index (χ4n) is 2.07. The van der Waals surface area contributed by atoms with E-state index in [0.29, 0.717) is 13.0 Å². The summed E-state index contributed by atoms with van der Waals surface area (Å²) in [7, 11) is -3.59. The summed E-state index contributed by atoms with van der Waals surface area (Å²) in [4.78, 5) is 28.4. The lowest BCUT2D eigenvalue weighted by molar-refractivity contribution is 0.0526. The third kappa shape index (κ3) is 6.28. The number of hydrogen-bond acceptors (Lipinski definition) is 8. The Labute approximate surface area is 167 Å². The second kappa shape index (κ2) is 9.79. The third-order valence-electron chi connectivity index (χ3n) is 3.25. The van der Waals surface area contributed by atoms with Gasteiger partial charge in [-0.3, -0.25) is 4.79 Å². The Kier molecular flexibility index (Phi) is 8.35. The molecule has 11 heteroatoms. The molecule has 148 valence electrons. The number of carbonyl (C=O) groups is 2. The number of anilines is 1. The quantitative estimate of drug-likeness (QED) is 0.638. The number of aromatic nitrogens is 1. The standard InChI is InChI=1S/C16H19N3O5S2.ClH/c1-3-24-16(21)10-6-11(8-12(7-10)26(2,22)23)18-15(20)13-9-25-14(19-13)4-5-17;/h6-9H,3-5,17H2,1-2H3,(H,18,20);1H. The van der Waals surface area contributed by atoms with Crippen LogP contribution in [0, 0.1) is 0 Å². The highest BCUT2D eigenvalue weighted by Gasteiger charge is 2.17. The molecule has 1 amide bonds. The van der Waals surface area contributed by atoms with Crippen molar-refractivity contribution in [2.45, 2.75) is 18.2 Å². The number of carbonyl (C=O) groups excluding carboxylic acids is 2. The topological polar surface area (TPSA) is 128 Å². The summed E-state index contributed by atoms with van der Waals surface area (Å²) in [6.45, 7) is 2.21. The van der Waals surface area contributed by atoms with Gasteiger partial charge < -0.3 is 15.8 Å². The fourth-order valence-corrected chi connectivity index (χ4v) is 3.54. The number of esters is 1. The van der Waals surface area contributed by atoms with Gasteiger partial charge in [-0.05, 0) is 31.7 Å². The van der Waals surface area contributed by atoms with E-state index in [2.05, 4.69) is 10.3 Å². The second-order valence-corrected chi connectivity index (χ2v) is 8.32. The number of rotatable bonds is 7. The van der Waals surface area contributed by atoms with Crippen molar-refractivity contribution in [1.82, 2.24) is 4.98 Å². The number of thiazole rings is 1. The molecule has 0 saturated heterocycles. The first-order valence-corrected chi connectivity index (χ1v) is 10.5. The van der Waals surface area contributed by atoms with Crippen LogP contribution in [0.2, 0.25) is 0 Å². The molecule has 1 heterocycles. The zero-order chi connectivity index (χ0) is 19.3. The molecule has 0 radical (unpaired) electrons. The van der Waals surface area contributed by atoms with Gasteiger partial charge in [0.2, 0.25) is 0 Å². The maximum atomic E-state index is 12.3. The van der Waals surface area contributed by atoms with Crippen LogP contribution in [-0.2, 0) is 21.0 Å². The molecule has 0 bridgehead atoms. The Morgan fingerprint density at radius 2 is 2.00 bits per heavy atom. The van der Waals surface area contributed by atoms with E-state index < -0.39 is 21.7 Å². The summed E-state index contributed by atoms with van der Waals surface area (Å²) in [6.07, 6.45) is 1.58. The van der Waals surface area contributed by atoms with Crippen LogP contribution < -0.4 is 11.1 Å². The second-order valence-electron chi connectivity index (χ2n) is 5.36. The summed E-state index contributed by atoms with van der Waals surface area (Å²) >= 11 is 1.31. The van der Waals surface area contributed by atoms with Crippen LogP contribution in [0.25, 0.3) is 0 Å². The van der Waals surface area contributed by atoms with Gasteiger partial charge in [-0.15, -0.1) is 23.7 Å². The molecule has 27 heavy (non-hydrogen) atoms. The van der Waals surface area contributed by atoms with Crippen LogP contribution in [0.5, 0.6) is 0 Å². The number of hydrogen-bond donors (Lipinski definition) is 2. The zero-order valence-electron chi connectivity index (χ0n) is 14.7. The lowest BCUT2D eigenvalue weighted by Crippen LogP contribution is -2.15. The van der Waals surface area contributed by atoms with Crippen molar-refractivity contribution in [2.75, 3.05) is 24.7 Å². The summed E-state index contributed by atoms with van der Waals surface area (Å²) in [5, 5.41) is 4.89. The molecule has 0 aliphatic carbocycles. The highest BCUT2D eigenvalue weighted by molar-refractivity contribution is 7.90. The lowest BCUT2D eigenvalue weighted by Gasteiger charge is -2.09. The first-order valence-electron chi connectivity index (χ1n) is 7.72. The highest BCUT2D eigenvalue weighted by Crippen LogP contribution is 2.21. The van der Waals surface area contributed by atoms with Crippen molar-refractivity contribution in [2.24, 2.45) is 5.73 Å².